The molecule has 0 aliphatic carbocycles. The third kappa shape index (κ3) is 5.90. The number of carbonyl (C=O) groups is 2. The smallest absolute Gasteiger partial charge is 0.338 e. The number of allylic oxidation sites excluding steroid dienone is 1. The van der Waals surface area contributed by atoms with Gasteiger partial charge in [-0.3, -0.25) is 14.2 Å². The molecule has 1 N–H and O–H groups in total. The van der Waals surface area contributed by atoms with Gasteiger partial charge in [0, 0.05) is 5.69 Å². The van der Waals surface area contributed by atoms with E-state index in [1.807, 2.05) is 74.5 Å². The number of benzene rings is 3. The van der Waals surface area contributed by atoms with E-state index < -0.39 is 12.0 Å². The maximum atomic E-state index is 13.6. The highest BCUT2D eigenvalue weighted by molar-refractivity contribution is 7.07. The van der Waals surface area contributed by atoms with Gasteiger partial charge in [0.1, 0.15) is 5.75 Å². The lowest BCUT2D eigenvalue weighted by molar-refractivity contribution is -0.136. The number of rotatable bonds is 7. The van der Waals surface area contributed by atoms with Gasteiger partial charge in [-0.15, -0.1) is 0 Å². The SMILES string of the molecule is COC(=O)C1=C(C)N=c2s/c(=C\c3ccc(OCC(=O)Nc4ccc(C)c(C)c4)cc3)c(=O)n2[C@H]1c1ccccc1. The molecule has 8 nitrogen and oxygen atoms in total. The summed E-state index contributed by atoms with van der Waals surface area (Å²) in [5.74, 6) is -0.248. The number of hydrogen-bond acceptors (Lipinski definition) is 7. The van der Waals surface area contributed by atoms with Crippen molar-refractivity contribution >= 4 is 35.0 Å². The van der Waals surface area contributed by atoms with E-state index in [9.17, 15) is 14.4 Å². The van der Waals surface area contributed by atoms with Gasteiger partial charge in [-0.25, -0.2) is 9.79 Å². The second-order valence-electron chi connectivity index (χ2n) is 9.69. The van der Waals surface area contributed by atoms with Crippen LogP contribution in [0.2, 0.25) is 0 Å². The zero-order valence-electron chi connectivity index (χ0n) is 23.1. The predicted octanol–water partition coefficient (Wildman–Crippen LogP) is 4.04. The van der Waals surface area contributed by atoms with Gasteiger partial charge < -0.3 is 14.8 Å². The van der Waals surface area contributed by atoms with E-state index in [4.69, 9.17) is 9.47 Å². The van der Waals surface area contributed by atoms with Crippen molar-refractivity contribution in [1.29, 1.82) is 0 Å². The molecule has 41 heavy (non-hydrogen) atoms. The van der Waals surface area contributed by atoms with Crippen molar-refractivity contribution in [3.8, 4) is 5.75 Å². The van der Waals surface area contributed by atoms with Crippen molar-refractivity contribution in [1.82, 2.24) is 4.57 Å². The maximum absolute atomic E-state index is 13.6. The Morgan fingerprint density at radius 2 is 1.73 bits per heavy atom. The Labute approximate surface area is 240 Å². The number of hydrogen-bond donors (Lipinski definition) is 1. The van der Waals surface area contributed by atoms with E-state index >= 15 is 0 Å². The van der Waals surface area contributed by atoms with Gasteiger partial charge in [-0.05, 0) is 73.4 Å². The number of amides is 1. The minimum absolute atomic E-state index is 0.133. The van der Waals surface area contributed by atoms with Crippen molar-refractivity contribution in [2.45, 2.75) is 26.8 Å². The zero-order chi connectivity index (χ0) is 29.1. The van der Waals surface area contributed by atoms with E-state index in [0.29, 0.717) is 26.4 Å². The number of fused-ring (bicyclic) bond motifs is 1. The number of esters is 1. The largest absolute Gasteiger partial charge is 0.484 e. The van der Waals surface area contributed by atoms with Gasteiger partial charge in [0.2, 0.25) is 0 Å². The molecule has 4 aromatic rings. The Balaban J connectivity index is 1.37. The molecule has 0 spiro atoms. The van der Waals surface area contributed by atoms with Gasteiger partial charge in [0.15, 0.2) is 11.4 Å². The predicted molar refractivity (Wildman–Crippen MR) is 159 cm³/mol. The molecule has 0 unspecified atom stereocenters. The Hall–Kier alpha value is -4.76. The fourth-order valence-corrected chi connectivity index (χ4v) is 5.67. The lowest BCUT2D eigenvalue weighted by Gasteiger charge is -2.24. The minimum atomic E-state index is -0.646. The normalized spacial score (nSPS) is 14.7. The van der Waals surface area contributed by atoms with E-state index in [0.717, 1.165) is 27.9 Å². The molecule has 0 bridgehead atoms. The standard InChI is InChI=1S/C32H29N3O5S/c1-19-10-13-24(16-20(19)2)34-27(36)18-40-25-14-11-22(12-15-25)17-26-30(37)35-29(23-8-6-5-7-9-23)28(31(38)39-4)21(3)33-32(35)41-26/h5-17,29H,18H2,1-4H3,(H,34,36)/b26-17-/t29-/m0/s1. The van der Waals surface area contributed by atoms with E-state index in [1.165, 1.54) is 18.4 Å². The molecule has 0 saturated carbocycles. The van der Waals surface area contributed by atoms with Crippen LogP contribution in [0.25, 0.3) is 6.08 Å². The third-order valence-electron chi connectivity index (χ3n) is 6.88. The van der Waals surface area contributed by atoms with Crippen molar-refractivity contribution in [2.75, 3.05) is 19.0 Å². The molecule has 1 atom stereocenters. The third-order valence-corrected chi connectivity index (χ3v) is 7.86. The van der Waals surface area contributed by atoms with Gasteiger partial charge in [0.25, 0.3) is 11.5 Å². The van der Waals surface area contributed by atoms with Gasteiger partial charge >= 0.3 is 5.97 Å². The number of nitrogens with one attached hydrogen (secondary N) is 1. The summed E-state index contributed by atoms with van der Waals surface area (Å²) in [6, 6.07) is 21.6. The second kappa shape index (κ2) is 11.8. The van der Waals surface area contributed by atoms with Gasteiger partial charge in [-0.2, -0.15) is 0 Å². The number of aromatic nitrogens is 1. The summed E-state index contributed by atoms with van der Waals surface area (Å²) >= 11 is 1.26. The lowest BCUT2D eigenvalue weighted by atomic mass is 9.96. The molecule has 1 aromatic heterocycles. The molecule has 5 rings (SSSR count). The van der Waals surface area contributed by atoms with Crippen molar-refractivity contribution in [3.63, 3.8) is 0 Å². The van der Waals surface area contributed by atoms with Crippen LogP contribution in [0.15, 0.2) is 93.9 Å². The monoisotopic (exact) mass is 567 g/mol. The van der Waals surface area contributed by atoms with Gasteiger partial charge in [0.05, 0.1) is 29.0 Å². The van der Waals surface area contributed by atoms with Crippen LogP contribution in [0, 0.1) is 13.8 Å². The van der Waals surface area contributed by atoms with Crippen LogP contribution in [-0.4, -0.2) is 30.2 Å². The van der Waals surface area contributed by atoms with Crippen molar-refractivity contribution < 1.29 is 19.1 Å². The topological polar surface area (TPSA) is 99.0 Å². The summed E-state index contributed by atoms with van der Waals surface area (Å²) in [4.78, 5) is 43.8. The van der Waals surface area contributed by atoms with Crippen LogP contribution in [0.4, 0.5) is 5.69 Å². The first-order valence-corrected chi connectivity index (χ1v) is 13.8. The molecule has 0 radical (unpaired) electrons. The highest BCUT2D eigenvalue weighted by Crippen LogP contribution is 2.30. The molecule has 1 aliphatic rings. The Morgan fingerprint density at radius 1 is 1.00 bits per heavy atom. The van der Waals surface area contributed by atoms with Crippen LogP contribution in [-0.2, 0) is 14.3 Å². The van der Waals surface area contributed by atoms with Crippen LogP contribution in [0.5, 0.6) is 5.75 Å². The summed E-state index contributed by atoms with van der Waals surface area (Å²) in [5, 5.41) is 2.84. The fourth-order valence-electron chi connectivity index (χ4n) is 4.62. The number of thiazole rings is 1. The van der Waals surface area contributed by atoms with Crippen LogP contribution < -0.4 is 24.9 Å². The number of methoxy groups -OCH3 is 1. The molecule has 0 fully saturated rings. The van der Waals surface area contributed by atoms with Crippen molar-refractivity contribution in [2.24, 2.45) is 4.99 Å². The van der Waals surface area contributed by atoms with Gasteiger partial charge in [-0.1, -0.05) is 59.9 Å². The Kier molecular flexibility index (Phi) is 7.98. The molecule has 208 valence electrons. The van der Waals surface area contributed by atoms with Crippen LogP contribution in [0.3, 0.4) is 0 Å². The summed E-state index contributed by atoms with van der Waals surface area (Å²) in [6.45, 7) is 5.63. The quantitative estimate of drug-likeness (QED) is 0.340. The Bertz CT molecular complexity index is 1840. The summed E-state index contributed by atoms with van der Waals surface area (Å²) in [6.07, 6.45) is 1.78. The van der Waals surface area contributed by atoms with Crippen LogP contribution >= 0.6 is 11.3 Å². The first-order valence-electron chi connectivity index (χ1n) is 13.0. The van der Waals surface area contributed by atoms with Crippen molar-refractivity contribution in [3.05, 3.63) is 126 Å². The van der Waals surface area contributed by atoms with Crippen LogP contribution in [0.1, 0.15) is 35.2 Å². The summed E-state index contributed by atoms with van der Waals surface area (Å²) in [5.41, 5.74) is 5.15. The molecular formula is C32H29N3O5S. The number of anilines is 1. The molecule has 2 heterocycles. The average Bonchev–Trinajstić information content (AvgIpc) is 3.27. The summed E-state index contributed by atoms with van der Waals surface area (Å²) in [7, 11) is 1.32. The lowest BCUT2D eigenvalue weighted by Crippen LogP contribution is -2.39. The summed E-state index contributed by atoms with van der Waals surface area (Å²) < 4.78 is 12.7. The first-order chi connectivity index (χ1) is 19.7. The number of nitrogens with zero attached hydrogens (tertiary/aromatic N) is 2. The molecule has 1 aliphatic heterocycles. The molecule has 1 amide bonds. The highest BCUT2D eigenvalue weighted by atomic mass is 32.1. The molecule has 3 aromatic carbocycles. The average molecular weight is 568 g/mol. The highest BCUT2D eigenvalue weighted by Gasteiger charge is 2.32. The first kappa shape index (κ1) is 27.8. The molecular weight excluding hydrogens is 538 g/mol. The van der Waals surface area contributed by atoms with E-state index in [2.05, 4.69) is 10.3 Å². The Morgan fingerprint density at radius 3 is 2.41 bits per heavy atom. The number of carbonyl (C=O) groups excluding carboxylic acids is 2. The fraction of sp³-hybridized carbons (Fsp3) is 0.188. The number of ether oxygens (including phenoxy) is 2. The molecule has 0 saturated heterocycles. The van der Waals surface area contributed by atoms with E-state index in [-0.39, 0.29) is 18.1 Å². The maximum Gasteiger partial charge on any atom is 0.338 e. The second-order valence-corrected chi connectivity index (χ2v) is 10.7. The molecule has 9 heteroatoms. The van der Waals surface area contributed by atoms with E-state index in [1.54, 1.807) is 29.7 Å². The zero-order valence-corrected chi connectivity index (χ0v) is 24.0. The number of aryl methyl sites for hydroxylation is 2. The minimum Gasteiger partial charge on any atom is -0.484 e.